The summed E-state index contributed by atoms with van der Waals surface area (Å²) < 4.78 is 0. The van der Waals surface area contributed by atoms with Gasteiger partial charge in [-0.05, 0) is 37.8 Å². The van der Waals surface area contributed by atoms with E-state index in [0.29, 0.717) is 5.71 Å². The molecule has 0 saturated carbocycles. The minimum atomic E-state index is -0.215. The number of aliphatic imine (C=N–C) groups is 1. The number of benzene rings is 1. The van der Waals surface area contributed by atoms with Crippen molar-refractivity contribution in [2.45, 2.75) is 26.2 Å². The molecule has 0 unspecified atom stereocenters. The van der Waals surface area contributed by atoms with Gasteiger partial charge in [-0.25, -0.2) is 0 Å². The van der Waals surface area contributed by atoms with E-state index in [4.69, 9.17) is 0 Å². The molecule has 1 aromatic rings. The van der Waals surface area contributed by atoms with Crippen molar-refractivity contribution in [3.05, 3.63) is 47.5 Å². The normalized spacial score (nSPS) is 16.5. The molecule has 0 N–H and O–H groups in total. The Labute approximate surface area is 131 Å². The molecule has 0 aliphatic carbocycles. The number of hydrogen-bond acceptors (Lipinski definition) is 3. The van der Waals surface area contributed by atoms with Gasteiger partial charge in [0.25, 0.3) is 5.91 Å². The Balaban J connectivity index is 2.30. The minimum Gasteiger partial charge on any atom is -0.339 e. The van der Waals surface area contributed by atoms with Crippen molar-refractivity contribution in [2.24, 2.45) is 4.99 Å². The molecule has 116 valence electrons. The highest BCUT2D eigenvalue weighted by atomic mass is 16.2. The number of ketones is 1. The van der Waals surface area contributed by atoms with Gasteiger partial charge in [0.2, 0.25) is 0 Å². The number of amides is 1. The van der Waals surface area contributed by atoms with Gasteiger partial charge in [-0.15, -0.1) is 0 Å². The van der Waals surface area contributed by atoms with E-state index in [9.17, 15) is 9.59 Å². The molecule has 4 heteroatoms. The van der Waals surface area contributed by atoms with Gasteiger partial charge in [0.05, 0.1) is 11.3 Å². The van der Waals surface area contributed by atoms with Crippen molar-refractivity contribution in [3.8, 4) is 0 Å². The highest BCUT2D eigenvalue weighted by Crippen LogP contribution is 2.14. The smallest absolute Gasteiger partial charge is 0.257 e. The quantitative estimate of drug-likeness (QED) is 0.371. The molecule has 2 rings (SSSR count). The van der Waals surface area contributed by atoms with Crippen LogP contribution in [0.25, 0.3) is 0 Å². The van der Waals surface area contributed by atoms with Gasteiger partial charge in [-0.2, -0.15) is 0 Å². The Morgan fingerprint density at radius 3 is 2.27 bits per heavy atom. The predicted octanol–water partition coefficient (Wildman–Crippen LogP) is 2.63. The van der Waals surface area contributed by atoms with Crippen molar-refractivity contribution in [1.29, 1.82) is 0 Å². The summed E-state index contributed by atoms with van der Waals surface area (Å²) >= 11 is 0. The van der Waals surface area contributed by atoms with Crippen LogP contribution in [0.3, 0.4) is 0 Å². The number of carbonyl (C=O) groups excluding carboxylic acids is 2. The number of nitrogens with zero attached hydrogens (tertiary/aromatic N) is 2. The van der Waals surface area contributed by atoms with E-state index in [-0.39, 0.29) is 17.3 Å². The third-order valence-electron chi connectivity index (χ3n) is 3.84. The number of rotatable bonds is 4. The SMILES string of the molecule is CN=C(/C=C(\C(C)=O)C(=O)N1CCCCC1)c1ccccc1. The summed E-state index contributed by atoms with van der Waals surface area (Å²) in [5.74, 6) is -0.392. The van der Waals surface area contributed by atoms with Crippen LogP contribution in [0.2, 0.25) is 0 Å². The predicted molar refractivity (Wildman–Crippen MR) is 88.1 cm³/mol. The first-order valence-corrected chi connectivity index (χ1v) is 7.67. The first-order chi connectivity index (χ1) is 10.6. The first-order valence-electron chi connectivity index (χ1n) is 7.67. The number of allylic oxidation sites excluding steroid dienone is 1. The third-order valence-corrected chi connectivity index (χ3v) is 3.84. The summed E-state index contributed by atoms with van der Waals surface area (Å²) in [6.45, 7) is 2.90. The zero-order valence-electron chi connectivity index (χ0n) is 13.2. The summed E-state index contributed by atoms with van der Waals surface area (Å²) in [7, 11) is 1.67. The van der Waals surface area contributed by atoms with E-state index < -0.39 is 0 Å². The third kappa shape index (κ3) is 3.91. The van der Waals surface area contributed by atoms with E-state index in [1.54, 1.807) is 18.0 Å². The highest BCUT2D eigenvalue weighted by molar-refractivity contribution is 6.24. The summed E-state index contributed by atoms with van der Waals surface area (Å²) in [4.78, 5) is 30.5. The molecule has 0 aromatic heterocycles. The molecule has 0 radical (unpaired) electrons. The summed E-state index contributed by atoms with van der Waals surface area (Å²) in [6.07, 6.45) is 4.78. The Hall–Kier alpha value is -2.23. The van der Waals surface area contributed by atoms with E-state index in [1.165, 1.54) is 6.92 Å². The van der Waals surface area contributed by atoms with E-state index in [0.717, 1.165) is 37.9 Å². The number of piperidine rings is 1. The summed E-state index contributed by atoms with van der Waals surface area (Å²) in [6, 6.07) is 9.58. The summed E-state index contributed by atoms with van der Waals surface area (Å²) in [5.41, 5.74) is 1.76. The molecule has 4 nitrogen and oxygen atoms in total. The van der Waals surface area contributed by atoms with Crippen LogP contribution in [0.1, 0.15) is 31.7 Å². The number of likely N-dealkylation sites (tertiary alicyclic amines) is 1. The van der Waals surface area contributed by atoms with Crippen molar-refractivity contribution in [2.75, 3.05) is 20.1 Å². The average molecular weight is 298 g/mol. The Bertz CT molecular complexity index is 597. The molecule has 0 spiro atoms. The van der Waals surface area contributed by atoms with Gasteiger partial charge in [-0.1, -0.05) is 30.3 Å². The monoisotopic (exact) mass is 298 g/mol. The fraction of sp³-hybridized carbons (Fsp3) is 0.389. The molecule has 1 aliphatic heterocycles. The average Bonchev–Trinajstić information content (AvgIpc) is 2.56. The topological polar surface area (TPSA) is 49.7 Å². The second-order valence-corrected chi connectivity index (χ2v) is 5.44. The van der Waals surface area contributed by atoms with Gasteiger partial charge in [-0.3, -0.25) is 14.6 Å². The lowest BCUT2D eigenvalue weighted by Gasteiger charge is -2.27. The minimum absolute atomic E-state index is 0.177. The maximum Gasteiger partial charge on any atom is 0.257 e. The van der Waals surface area contributed by atoms with Crippen LogP contribution in [0.4, 0.5) is 0 Å². The fourth-order valence-corrected chi connectivity index (χ4v) is 2.60. The van der Waals surface area contributed by atoms with Crippen LogP contribution in [0.15, 0.2) is 47.0 Å². The molecule has 0 atom stereocenters. The second-order valence-electron chi connectivity index (χ2n) is 5.44. The molecule has 1 fully saturated rings. The van der Waals surface area contributed by atoms with Crippen LogP contribution in [-0.2, 0) is 9.59 Å². The van der Waals surface area contributed by atoms with Gasteiger partial charge >= 0.3 is 0 Å². The molecular weight excluding hydrogens is 276 g/mol. The van der Waals surface area contributed by atoms with Crippen molar-refractivity contribution < 1.29 is 9.59 Å². The lowest BCUT2D eigenvalue weighted by molar-refractivity contribution is -0.130. The molecule has 22 heavy (non-hydrogen) atoms. The zero-order valence-corrected chi connectivity index (χ0v) is 13.2. The Morgan fingerprint density at radius 2 is 1.73 bits per heavy atom. The van der Waals surface area contributed by atoms with Gasteiger partial charge in [0.1, 0.15) is 0 Å². The van der Waals surface area contributed by atoms with Crippen LogP contribution in [0, 0.1) is 0 Å². The molecule has 1 heterocycles. The zero-order chi connectivity index (χ0) is 15.9. The molecular formula is C18H22N2O2. The molecule has 1 saturated heterocycles. The lowest BCUT2D eigenvalue weighted by Crippen LogP contribution is -2.38. The van der Waals surface area contributed by atoms with Gasteiger partial charge < -0.3 is 4.90 Å². The van der Waals surface area contributed by atoms with Gasteiger partial charge in [0.15, 0.2) is 5.78 Å². The van der Waals surface area contributed by atoms with Crippen molar-refractivity contribution in [1.82, 2.24) is 4.90 Å². The van der Waals surface area contributed by atoms with Crippen molar-refractivity contribution in [3.63, 3.8) is 0 Å². The molecule has 0 bridgehead atoms. The standard InChI is InChI=1S/C18H22N2O2/c1-14(21)16(18(22)20-11-7-4-8-12-20)13-17(19-2)15-9-5-3-6-10-15/h3,5-6,9-10,13H,4,7-8,11-12H2,1-2H3/b16-13+,19-17?. The Morgan fingerprint density at radius 1 is 1.09 bits per heavy atom. The molecule has 1 aliphatic rings. The largest absolute Gasteiger partial charge is 0.339 e. The van der Waals surface area contributed by atoms with Crippen LogP contribution in [-0.4, -0.2) is 42.4 Å². The molecule has 1 aromatic carbocycles. The van der Waals surface area contributed by atoms with Crippen LogP contribution >= 0.6 is 0 Å². The number of carbonyl (C=O) groups is 2. The van der Waals surface area contributed by atoms with Gasteiger partial charge in [0, 0.05) is 20.1 Å². The number of Topliss-reactive ketones (excluding diaryl/α,β-unsaturated/α-hetero) is 1. The fourth-order valence-electron chi connectivity index (χ4n) is 2.60. The van der Waals surface area contributed by atoms with Crippen molar-refractivity contribution >= 4 is 17.4 Å². The highest BCUT2D eigenvalue weighted by Gasteiger charge is 2.23. The lowest BCUT2D eigenvalue weighted by atomic mass is 10.0. The van der Waals surface area contributed by atoms with E-state index >= 15 is 0 Å². The second kappa shape index (κ2) is 7.69. The summed E-state index contributed by atoms with van der Waals surface area (Å²) in [5, 5.41) is 0. The van der Waals surface area contributed by atoms with Crippen LogP contribution in [0.5, 0.6) is 0 Å². The van der Waals surface area contributed by atoms with E-state index in [1.807, 2.05) is 30.3 Å². The van der Waals surface area contributed by atoms with E-state index in [2.05, 4.69) is 4.99 Å². The maximum atomic E-state index is 12.6. The Kier molecular flexibility index (Phi) is 5.64. The first kappa shape index (κ1) is 16.1. The van der Waals surface area contributed by atoms with Crippen LogP contribution < -0.4 is 0 Å². The maximum absolute atomic E-state index is 12.6. The number of hydrogen-bond donors (Lipinski definition) is 0. The molecule has 1 amide bonds.